The third kappa shape index (κ3) is 4.38. The van der Waals surface area contributed by atoms with Crippen LogP contribution >= 0.6 is 11.3 Å². The average Bonchev–Trinajstić information content (AvgIpc) is 3.62. The maximum Gasteiger partial charge on any atom is 0.0540 e. The van der Waals surface area contributed by atoms with Crippen molar-refractivity contribution >= 4 is 70.1 Å². The maximum absolute atomic E-state index is 2.46. The largest absolute Gasteiger partial charge is 0.310 e. The van der Waals surface area contributed by atoms with E-state index in [1.54, 1.807) is 0 Å². The molecule has 0 saturated heterocycles. The van der Waals surface area contributed by atoms with E-state index >= 15 is 0 Å². The van der Waals surface area contributed by atoms with Crippen LogP contribution in [0, 0.1) is 0 Å². The van der Waals surface area contributed by atoms with Crippen molar-refractivity contribution in [1.82, 2.24) is 0 Å². The van der Waals surface area contributed by atoms with Crippen molar-refractivity contribution in [2.75, 3.05) is 4.90 Å². The summed E-state index contributed by atoms with van der Waals surface area (Å²) in [5, 5.41) is 7.66. The summed E-state index contributed by atoms with van der Waals surface area (Å²) in [5.74, 6) is 0. The smallest absolute Gasteiger partial charge is 0.0540 e. The van der Waals surface area contributed by atoms with Gasteiger partial charge in [-0.05, 0) is 104 Å². The highest BCUT2D eigenvalue weighted by Gasteiger charge is 2.35. The second kappa shape index (κ2) is 10.7. The minimum absolute atomic E-state index is 0.0398. The number of anilines is 3. The number of nitrogens with zero attached hydrogens (tertiary/aromatic N) is 1. The first-order valence-corrected chi connectivity index (χ1v) is 17.8. The third-order valence-electron chi connectivity index (χ3n) is 10.6. The molecular weight excluding hydrogens is 611 g/mol. The Morgan fingerprint density at radius 1 is 0.429 bits per heavy atom. The summed E-state index contributed by atoms with van der Waals surface area (Å²) in [7, 11) is 0. The van der Waals surface area contributed by atoms with E-state index in [2.05, 4.69) is 183 Å². The minimum atomic E-state index is -0.0398. The van der Waals surface area contributed by atoms with Crippen LogP contribution in [-0.4, -0.2) is 0 Å². The first-order valence-electron chi connectivity index (χ1n) is 17.0. The lowest BCUT2D eigenvalue weighted by atomic mass is 9.82. The summed E-state index contributed by atoms with van der Waals surface area (Å²) < 4.78 is 2.66. The van der Waals surface area contributed by atoms with E-state index in [-0.39, 0.29) is 5.41 Å². The molecule has 0 unspecified atom stereocenters. The van der Waals surface area contributed by atoms with E-state index in [9.17, 15) is 0 Å². The molecule has 1 nitrogen and oxygen atoms in total. The van der Waals surface area contributed by atoms with Crippen LogP contribution in [-0.2, 0) is 5.41 Å². The molecule has 0 N–H and O–H groups in total. The summed E-state index contributed by atoms with van der Waals surface area (Å²) in [6.45, 7) is 4.70. The van der Waals surface area contributed by atoms with Crippen molar-refractivity contribution in [1.29, 1.82) is 0 Å². The maximum atomic E-state index is 2.46. The van der Waals surface area contributed by atoms with Gasteiger partial charge in [0.2, 0.25) is 0 Å². The first-order chi connectivity index (χ1) is 24.0. The zero-order valence-corrected chi connectivity index (χ0v) is 28.3. The lowest BCUT2D eigenvalue weighted by Gasteiger charge is -2.28. The molecule has 10 rings (SSSR count). The van der Waals surface area contributed by atoms with Gasteiger partial charge in [0.1, 0.15) is 0 Å². The molecule has 0 atom stereocenters. The normalized spacial score (nSPS) is 13.3. The Morgan fingerprint density at radius 2 is 1.14 bits per heavy atom. The van der Waals surface area contributed by atoms with Crippen LogP contribution in [0.5, 0.6) is 0 Å². The van der Waals surface area contributed by atoms with E-state index in [4.69, 9.17) is 0 Å². The molecule has 49 heavy (non-hydrogen) atoms. The summed E-state index contributed by atoms with van der Waals surface area (Å²) >= 11 is 1.88. The van der Waals surface area contributed by atoms with Gasteiger partial charge < -0.3 is 4.90 Å². The molecule has 1 heterocycles. The van der Waals surface area contributed by atoms with Gasteiger partial charge in [-0.25, -0.2) is 0 Å². The van der Waals surface area contributed by atoms with Gasteiger partial charge in [0.15, 0.2) is 0 Å². The Labute approximate surface area is 290 Å². The molecule has 0 amide bonds. The zero-order valence-electron chi connectivity index (χ0n) is 27.4. The van der Waals surface area contributed by atoms with E-state index in [0.29, 0.717) is 0 Å². The van der Waals surface area contributed by atoms with Crippen molar-refractivity contribution in [2.45, 2.75) is 19.3 Å². The van der Waals surface area contributed by atoms with Gasteiger partial charge in [-0.2, -0.15) is 0 Å². The molecule has 1 aliphatic carbocycles. The molecule has 1 aliphatic rings. The van der Waals surface area contributed by atoms with Crippen molar-refractivity contribution < 1.29 is 0 Å². The van der Waals surface area contributed by atoms with Gasteiger partial charge in [-0.1, -0.05) is 123 Å². The van der Waals surface area contributed by atoms with Crippen LogP contribution in [0.1, 0.15) is 25.0 Å². The van der Waals surface area contributed by atoms with Crippen LogP contribution in [0.15, 0.2) is 164 Å². The molecule has 0 bridgehead atoms. The topological polar surface area (TPSA) is 3.24 Å². The fraction of sp³-hybridized carbons (Fsp3) is 0.0638. The molecule has 2 heteroatoms. The zero-order chi connectivity index (χ0) is 32.7. The Kier molecular flexibility index (Phi) is 6.16. The Morgan fingerprint density at radius 3 is 2.04 bits per heavy atom. The number of fused-ring (bicyclic) bond motifs is 8. The Balaban J connectivity index is 1.18. The predicted molar refractivity (Wildman–Crippen MR) is 212 cm³/mol. The van der Waals surface area contributed by atoms with Crippen molar-refractivity contribution in [3.63, 3.8) is 0 Å². The summed E-state index contributed by atoms with van der Waals surface area (Å²) in [5.41, 5.74) is 11.3. The molecular formula is C47H33NS. The molecule has 8 aromatic carbocycles. The third-order valence-corrected chi connectivity index (χ3v) is 11.8. The molecule has 0 spiro atoms. The van der Waals surface area contributed by atoms with Crippen LogP contribution in [0.3, 0.4) is 0 Å². The van der Waals surface area contributed by atoms with Gasteiger partial charge in [0.05, 0.1) is 5.69 Å². The summed E-state index contributed by atoms with van der Waals surface area (Å²) in [6, 6.07) is 60.8. The fourth-order valence-corrected chi connectivity index (χ4v) is 9.26. The number of hydrogen-bond acceptors (Lipinski definition) is 2. The predicted octanol–water partition coefficient (Wildman–Crippen LogP) is 13.8. The van der Waals surface area contributed by atoms with E-state index in [0.717, 1.165) is 11.4 Å². The Bertz CT molecular complexity index is 2750. The number of thiophene rings is 1. The molecule has 0 radical (unpaired) electrons. The second-order valence-corrected chi connectivity index (χ2v) is 14.9. The van der Waals surface area contributed by atoms with Crippen LogP contribution in [0.25, 0.3) is 64.0 Å². The van der Waals surface area contributed by atoms with Crippen LogP contribution in [0.4, 0.5) is 17.1 Å². The highest BCUT2D eigenvalue weighted by Crippen LogP contribution is 2.51. The lowest BCUT2D eigenvalue weighted by Crippen LogP contribution is -2.15. The summed E-state index contributed by atoms with van der Waals surface area (Å²) in [4.78, 5) is 2.46. The van der Waals surface area contributed by atoms with Crippen molar-refractivity contribution in [2.24, 2.45) is 0 Å². The number of hydrogen-bond donors (Lipinski definition) is 0. The second-order valence-electron chi connectivity index (χ2n) is 13.8. The van der Waals surface area contributed by atoms with E-state index in [1.165, 1.54) is 80.8 Å². The van der Waals surface area contributed by atoms with Crippen LogP contribution < -0.4 is 4.90 Å². The lowest BCUT2D eigenvalue weighted by molar-refractivity contribution is 0.660. The van der Waals surface area contributed by atoms with Gasteiger partial charge in [0, 0.05) is 42.3 Å². The van der Waals surface area contributed by atoms with Crippen LogP contribution in [0.2, 0.25) is 0 Å². The minimum Gasteiger partial charge on any atom is -0.310 e. The number of rotatable bonds is 4. The first kappa shape index (κ1) is 28.3. The van der Waals surface area contributed by atoms with Crippen molar-refractivity contribution in [3.8, 4) is 22.3 Å². The number of benzene rings is 8. The summed E-state index contributed by atoms with van der Waals surface area (Å²) in [6.07, 6.45) is 0. The molecule has 0 saturated carbocycles. The van der Waals surface area contributed by atoms with Crippen molar-refractivity contribution in [3.05, 3.63) is 175 Å². The van der Waals surface area contributed by atoms with Gasteiger partial charge >= 0.3 is 0 Å². The quantitative estimate of drug-likeness (QED) is 0.184. The SMILES string of the molecule is CC1(C)c2ccccc2-c2cc(N(c3ccc(-c4ccc5ccccc5c4)cc3)c3cccc4cc5sc6ccccc6c5cc34)ccc21. The molecule has 1 aromatic heterocycles. The van der Waals surface area contributed by atoms with Gasteiger partial charge in [-0.3, -0.25) is 0 Å². The molecule has 232 valence electrons. The van der Waals surface area contributed by atoms with Gasteiger partial charge in [-0.15, -0.1) is 11.3 Å². The van der Waals surface area contributed by atoms with E-state index < -0.39 is 0 Å². The highest BCUT2D eigenvalue weighted by atomic mass is 32.1. The molecule has 0 aliphatic heterocycles. The standard InChI is InChI=1S/C47H33NS/c1-47(2)42-15-7-5-13-37(42)40-28-36(24-25-43(40)47)48(35-22-20-31(21-23-35)33-19-18-30-10-3-4-11-32(30)26-33)44-16-9-12-34-27-46-41(29-39(34)44)38-14-6-8-17-45(38)49-46/h3-29H,1-2H3. The average molecular weight is 644 g/mol. The van der Waals surface area contributed by atoms with Gasteiger partial charge in [0.25, 0.3) is 0 Å². The molecule has 9 aromatic rings. The molecule has 0 fully saturated rings. The fourth-order valence-electron chi connectivity index (χ4n) is 8.12. The Hall–Kier alpha value is -5.70. The van der Waals surface area contributed by atoms with E-state index in [1.807, 2.05) is 11.3 Å². The monoisotopic (exact) mass is 643 g/mol. The highest BCUT2D eigenvalue weighted by molar-refractivity contribution is 7.25.